The van der Waals surface area contributed by atoms with E-state index in [-0.39, 0.29) is 24.8 Å². The SMILES string of the molecule is CN1CCN(CCCc2ccc3c(c2)C/C=C\C2=C(CCC=C2)C3)CC1.Cl.Cl. The molecule has 4 heteroatoms. The third-order valence-corrected chi connectivity index (χ3v) is 6.16. The van der Waals surface area contributed by atoms with Crippen LogP contribution in [0.25, 0.3) is 0 Å². The van der Waals surface area contributed by atoms with E-state index < -0.39 is 0 Å². The second-order valence-electron chi connectivity index (χ2n) is 8.13. The number of fused-ring (bicyclic) bond motifs is 1. The maximum atomic E-state index is 2.63. The number of allylic oxidation sites excluding steroid dienone is 6. The predicted molar refractivity (Wildman–Crippen MR) is 125 cm³/mol. The van der Waals surface area contributed by atoms with Gasteiger partial charge in [0.05, 0.1) is 0 Å². The molecule has 1 heterocycles. The lowest BCUT2D eigenvalue weighted by molar-refractivity contribution is 0.153. The largest absolute Gasteiger partial charge is 0.304 e. The van der Waals surface area contributed by atoms with Gasteiger partial charge in [-0.3, -0.25) is 0 Å². The van der Waals surface area contributed by atoms with Crippen molar-refractivity contribution in [2.45, 2.75) is 38.5 Å². The Hall–Kier alpha value is -1.06. The van der Waals surface area contributed by atoms with Crippen LogP contribution in [0.2, 0.25) is 0 Å². The van der Waals surface area contributed by atoms with E-state index in [4.69, 9.17) is 0 Å². The van der Waals surface area contributed by atoms with Gasteiger partial charge in [0.25, 0.3) is 0 Å². The van der Waals surface area contributed by atoms with E-state index in [1.165, 1.54) is 69.5 Å². The third kappa shape index (κ3) is 5.97. The Morgan fingerprint density at radius 2 is 1.71 bits per heavy atom. The molecule has 0 saturated carbocycles. The topological polar surface area (TPSA) is 6.48 Å². The Balaban J connectivity index is 0.00000140. The van der Waals surface area contributed by atoms with Gasteiger partial charge >= 0.3 is 0 Å². The highest BCUT2D eigenvalue weighted by Crippen LogP contribution is 2.28. The molecule has 0 radical (unpaired) electrons. The Bertz CT molecular complexity index is 728. The summed E-state index contributed by atoms with van der Waals surface area (Å²) in [4.78, 5) is 5.06. The monoisotopic (exact) mass is 420 g/mol. The van der Waals surface area contributed by atoms with E-state index in [0.29, 0.717) is 0 Å². The first-order valence-electron chi connectivity index (χ1n) is 10.3. The van der Waals surface area contributed by atoms with Gasteiger partial charge in [0.1, 0.15) is 0 Å². The van der Waals surface area contributed by atoms with Gasteiger partial charge < -0.3 is 9.80 Å². The van der Waals surface area contributed by atoms with Gasteiger partial charge in [-0.1, -0.05) is 48.1 Å². The first kappa shape index (κ1) is 23.2. The maximum Gasteiger partial charge on any atom is 0.0110 e. The summed E-state index contributed by atoms with van der Waals surface area (Å²) in [5.41, 5.74) is 7.68. The predicted octanol–water partition coefficient (Wildman–Crippen LogP) is 5.01. The summed E-state index contributed by atoms with van der Waals surface area (Å²) in [6.07, 6.45) is 16.5. The third-order valence-electron chi connectivity index (χ3n) is 6.16. The van der Waals surface area contributed by atoms with Gasteiger partial charge in [0.15, 0.2) is 0 Å². The Morgan fingerprint density at radius 1 is 0.929 bits per heavy atom. The smallest absolute Gasteiger partial charge is 0.0110 e. The van der Waals surface area contributed by atoms with Crippen molar-refractivity contribution in [1.29, 1.82) is 0 Å². The fourth-order valence-corrected chi connectivity index (χ4v) is 4.41. The molecule has 0 atom stereocenters. The fourth-order valence-electron chi connectivity index (χ4n) is 4.41. The van der Waals surface area contributed by atoms with Crippen LogP contribution in [0.5, 0.6) is 0 Å². The molecule has 1 aromatic carbocycles. The fraction of sp³-hybridized carbons (Fsp3) is 0.500. The number of nitrogens with zero attached hydrogens (tertiary/aromatic N) is 2. The quantitative estimate of drug-likeness (QED) is 0.674. The number of likely N-dealkylation sites (N-methyl/N-ethyl adjacent to an activating group) is 1. The normalized spacial score (nSPS) is 20.9. The van der Waals surface area contributed by atoms with Crippen LogP contribution in [0.15, 0.2) is 53.6 Å². The van der Waals surface area contributed by atoms with Crippen LogP contribution in [0.1, 0.15) is 36.0 Å². The zero-order chi connectivity index (χ0) is 17.8. The lowest BCUT2D eigenvalue weighted by Gasteiger charge is -2.32. The van der Waals surface area contributed by atoms with Gasteiger partial charge in [-0.05, 0) is 74.4 Å². The number of hydrogen-bond donors (Lipinski definition) is 0. The minimum absolute atomic E-state index is 0. The van der Waals surface area contributed by atoms with Gasteiger partial charge in [0, 0.05) is 26.2 Å². The molecule has 0 N–H and O–H groups in total. The lowest BCUT2D eigenvalue weighted by atomic mass is 9.86. The Labute approximate surface area is 183 Å². The van der Waals surface area contributed by atoms with E-state index in [9.17, 15) is 0 Å². The molecule has 0 aromatic heterocycles. The molecule has 0 amide bonds. The molecule has 4 rings (SSSR count). The molecule has 1 aliphatic heterocycles. The molecule has 28 heavy (non-hydrogen) atoms. The van der Waals surface area contributed by atoms with Gasteiger partial charge in [-0.15, -0.1) is 24.8 Å². The summed E-state index contributed by atoms with van der Waals surface area (Å²) >= 11 is 0. The minimum Gasteiger partial charge on any atom is -0.304 e. The lowest BCUT2D eigenvalue weighted by Crippen LogP contribution is -2.44. The van der Waals surface area contributed by atoms with Crippen LogP contribution >= 0.6 is 24.8 Å². The average Bonchev–Trinajstić information content (AvgIpc) is 2.64. The number of aryl methyl sites for hydroxylation is 1. The first-order valence-corrected chi connectivity index (χ1v) is 10.3. The van der Waals surface area contributed by atoms with E-state index in [1.54, 1.807) is 16.7 Å². The van der Waals surface area contributed by atoms with Crippen molar-refractivity contribution in [2.75, 3.05) is 39.8 Å². The van der Waals surface area contributed by atoms with Crippen LogP contribution in [-0.4, -0.2) is 49.6 Å². The van der Waals surface area contributed by atoms with Crippen LogP contribution < -0.4 is 0 Å². The van der Waals surface area contributed by atoms with Gasteiger partial charge in [-0.2, -0.15) is 0 Å². The van der Waals surface area contributed by atoms with E-state index in [0.717, 1.165) is 12.8 Å². The van der Waals surface area contributed by atoms with Crippen LogP contribution in [0.4, 0.5) is 0 Å². The number of halogens is 2. The molecule has 0 unspecified atom stereocenters. The van der Waals surface area contributed by atoms with Crippen LogP contribution in [-0.2, 0) is 19.3 Å². The van der Waals surface area contributed by atoms with Crippen molar-refractivity contribution in [3.63, 3.8) is 0 Å². The van der Waals surface area contributed by atoms with Gasteiger partial charge in [0.2, 0.25) is 0 Å². The summed E-state index contributed by atoms with van der Waals surface area (Å²) < 4.78 is 0. The molecule has 1 fully saturated rings. The van der Waals surface area contributed by atoms with Crippen molar-refractivity contribution in [1.82, 2.24) is 9.80 Å². The van der Waals surface area contributed by atoms with E-state index in [1.807, 2.05) is 0 Å². The number of piperazine rings is 1. The van der Waals surface area contributed by atoms with Crippen molar-refractivity contribution in [3.05, 3.63) is 70.3 Å². The molecule has 0 spiro atoms. The molecular weight excluding hydrogens is 387 g/mol. The number of hydrogen-bond acceptors (Lipinski definition) is 2. The Morgan fingerprint density at radius 3 is 2.54 bits per heavy atom. The van der Waals surface area contributed by atoms with Crippen molar-refractivity contribution >= 4 is 24.8 Å². The molecule has 2 nitrogen and oxygen atoms in total. The molecule has 1 saturated heterocycles. The average molecular weight is 421 g/mol. The molecule has 1 aromatic rings. The summed E-state index contributed by atoms with van der Waals surface area (Å²) in [6.45, 7) is 6.15. The summed E-state index contributed by atoms with van der Waals surface area (Å²) in [7, 11) is 2.23. The number of benzene rings is 1. The molecule has 154 valence electrons. The van der Waals surface area contributed by atoms with Gasteiger partial charge in [-0.25, -0.2) is 0 Å². The standard InChI is InChI=1S/C24H32N2.2ClH/c1-25-14-16-26(17-15-25)13-5-6-20-11-12-24-19-23-8-3-2-7-21(23)9-4-10-22(24)18-20;;/h2,4,7,9,11-12,18H,3,5-6,8,10,13-17,19H2,1H3;2*1H/b9-4-;;. The second kappa shape index (κ2) is 11.2. The van der Waals surface area contributed by atoms with E-state index >= 15 is 0 Å². The highest BCUT2D eigenvalue weighted by molar-refractivity contribution is 5.85. The summed E-state index contributed by atoms with van der Waals surface area (Å²) in [6, 6.07) is 7.27. The van der Waals surface area contributed by atoms with Crippen molar-refractivity contribution in [2.24, 2.45) is 0 Å². The molecular formula is C24H34Cl2N2. The van der Waals surface area contributed by atoms with Crippen molar-refractivity contribution < 1.29 is 0 Å². The summed E-state index contributed by atoms with van der Waals surface area (Å²) in [5, 5.41) is 0. The zero-order valence-electron chi connectivity index (χ0n) is 17.0. The maximum absolute atomic E-state index is 2.63. The molecule has 0 bridgehead atoms. The first-order chi connectivity index (χ1) is 12.8. The molecule has 2 aliphatic carbocycles. The second-order valence-corrected chi connectivity index (χ2v) is 8.13. The van der Waals surface area contributed by atoms with E-state index in [2.05, 4.69) is 59.4 Å². The van der Waals surface area contributed by atoms with Crippen molar-refractivity contribution in [3.8, 4) is 0 Å². The minimum atomic E-state index is 0. The number of rotatable bonds is 4. The van der Waals surface area contributed by atoms with Crippen LogP contribution in [0, 0.1) is 0 Å². The highest BCUT2D eigenvalue weighted by atomic mass is 35.5. The molecule has 3 aliphatic rings. The zero-order valence-corrected chi connectivity index (χ0v) is 18.7. The highest BCUT2D eigenvalue weighted by Gasteiger charge is 2.14. The Kier molecular flexibility index (Phi) is 9.30. The summed E-state index contributed by atoms with van der Waals surface area (Å²) in [5.74, 6) is 0. The van der Waals surface area contributed by atoms with Crippen LogP contribution in [0.3, 0.4) is 0 Å².